The first-order valence-corrected chi connectivity index (χ1v) is 10.1. The minimum absolute atomic E-state index is 0.160. The van der Waals surface area contributed by atoms with Crippen molar-refractivity contribution in [2.45, 2.75) is 31.6 Å². The molecule has 25 heavy (non-hydrogen) atoms. The molecule has 0 atom stereocenters. The van der Waals surface area contributed by atoms with E-state index in [0.29, 0.717) is 37.0 Å². The number of rotatable bonds is 4. The maximum Gasteiger partial charge on any atom is 0.321 e. The maximum absolute atomic E-state index is 12.7. The van der Waals surface area contributed by atoms with Crippen LogP contribution in [0.1, 0.15) is 25.3 Å². The molecule has 6 nitrogen and oxygen atoms in total. The highest BCUT2D eigenvalue weighted by atomic mass is 32.2. The molecule has 1 aliphatic carbocycles. The smallest absolute Gasteiger partial charge is 0.321 e. The lowest BCUT2D eigenvalue weighted by Gasteiger charge is -2.33. The van der Waals surface area contributed by atoms with Crippen LogP contribution in [-0.2, 0) is 10.0 Å². The normalized spacial score (nSPS) is 19.8. The van der Waals surface area contributed by atoms with Crippen LogP contribution < -0.4 is 5.32 Å². The Morgan fingerprint density at radius 1 is 1.12 bits per heavy atom. The number of benzene rings is 1. The van der Waals surface area contributed by atoms with Crippen LogP contribution in [0, 0.1) is 12.8 Å². The van der Waals surface area contributed by atoms with Gasteiger partial charge in [0.15, 0.2) is 0 Å². The molecule has 0 bridgehead atoms. The third-order valence-corrected chi connectivity index (χ3v) is 6.74. The zero-order valence-electron chi connectivity index (χ0n) is 14.7. The van der Waals surface area contributed by atoms with Gasteiger partial charge < -0.3 is 10.2 Å². The molecule has 1 aromatic rings. The molecule has 1 saturated heterocycles. The maximum atomic E-state index is 12.7. The van der Waals surface area contributed by atoms with Crippen LogP contribution in [0.15, 0.2) is 40.9 Å². The van der Waals surface area contributed by atoms with E-state index in [4.69, 9.17) is 0 Å². The van der Waals surface area contributed by atoms with Crippen molar-refractivity contribution >= 4 is 16.1 Å². The fourth-order valence-corrected chi connectivity index (χ4v) is 4.34. The molecule has 0 spiro atoms. The van der Waals surface area contributed by atoms with Crippen LogP contribution >= 0.6 is 0 Å². The zero-order chi connectivity index (χ0) is 18.0. The van der Waals surface area contributed by atoms with Crippen molar-refractivity contribution in [2.24, 2.45) is 5.92 Å². The number of urea groups is 1. The summed E-state index contributed by atoms with van der Waals surface area (Å²) in [5.41, 5.74) is 2.23. The van der Waals surface area contributed by atoms with Gasteiger partial charge in [0.1, 0.15) is 0 Å². The third kappa shape index (κ3) is 4.22. The number of amides is 2. The first-order chi connectivity index (χ1) is 11.9. The second-order valence-corrected chi connectivity index (χ2v) is 8.75. The predicted octanol–water partition coefficient (Wildman–Crippen LogP) is 2.32. The Kier molecular flexibility index (Phi) is 5.15. The molecule has 1 aliphatic heterocycles. The van der Waals surface area contributed by atoms with Gasteiger partial charge in [-0.1, -0.05) is 23.3 Å². The van der Waals surface area contributed by atoms with Crippen LogP contribution in [0.2, 0.25) is 0 Å². The number of allylic oxidation sites excluding steroid dienone is 1. The van der Waals surface area contributed by atoms with Crippen molar-refractivity contribution < 1.29 is 13.2 Å². The largest absolute Gasteiger partial charge is 0.322 e. The summed E-state index contributed by atoms with van der Waals surface area (Å²) in [7, 11) is -3.49. The van der Waals surface area contributed by atoms with E-state index >= 15 is 0 Å². The lowest BCUT2D eigenvalue weighted by molar-refractivity contribution is 0.175. The Morgan fingerprint density at radius 3 is 2.28 bits per heavy atom. The Balaban J connectivity index is 1.56. The first-order valence-electron chi connectivity index (χ1n) is 8.67. The van der Waals surface area contributed by atoms with Crippen molar-refractivity contribution in [2.75, 3.05) is 26.2 Å². The van der Waals surface area contributed by atoms with Gasteiger partial charge in [-0.25, -0.2) is 13.2 Å². The SMILES string of the molecule is C/C(=C\NC(=O)N1CCN(S(=O)(=O)c2ccc(C)cc2)CC1)C1CC1. The third-order valence-electron chi connectivity index (χ3n) is 4.83. The van der Waals surface area contributed by atoms with Crippen molar-refractivity contribution in [1.29, 1.82) is 0 Å². The molecule has 2 aliphatic rings. The fourth-order valence-electron chi connectivity index (χ4n) is 2.91. The lowest BCUT2D eigenvalue weighted by atomic mass is 10.2. The molecule has 1 N–H and O–H groups in total. The van der Waals surface area contributed by atoms with Crippen LogP contribution in [-0.4, -0.2) is 49.8 Å². The number of aryl methyl sites for hydroxylation is 1. The Hall–Kier alpha value is -1.86. The molecule has 1 saturated carbocycles. The molecule has 0 radical (unpaired) electrons. The van der Waals surface area contributed by atoms with E-state index in [0.717, 1.165) is 5.56 Å². The van der Waals surface area contributed by atoms with E-state index in [2.05, 4.69) is 5.32 Å². The van der Waals surface area contributed by atoms with Crippen molar-refractivity contribution in [3.8, 4) is 0 Å². The van der Waals surface area contributed by atoms with Gasteiger partial charge >= 0.3 is 6.03 Å². The summed E-state index contributed by atoms with van der Waals surface area (Å²) in [5.74, 6) is 0.622. The number of carbonyl (C=O) groups excluding carboxylic acids is 1. The van der Waals surface area contributed by atoms with Gasteiger partial charge in [0.05, 0.1) is 4.90 Å². The molecule has 0 aromatic heterocycles. The predicted molar refractivity (Wildman–Crippen MR) is 96.5 cm³/mol. The second-order valence-electron chi connectivity index (χ2n) is 6.82. The van der Waals surface area contributed by atoms with Crippen LogP contribution in [0.3, 0.4) is 0 Å². The highest BCUT2D eigenvalue weighted by Crippen LogP contribution is 2.35. The van der Waals surface area contributed by atoms with Gasteiger partial charge in [0.25, 0.3) is 0 Å². The lowest BCUT2D eigenvalue weighted by Crippen LogP contribution is -2.52. The number of piperazine rings is 1. The minimum atomic E-state index is -3.49. The zero-order valence-corrected chi connectivity index (χ0v) is 15.6. The van der Waals surface area contributed by atoms with Gasteiger partial charge in [-0.15, -0.1) is 0 Å². The van der Waals surface area contributed by atoms with Gasteiger partial charge in [0, 0.05) is 32.4 Å². The number of hydrogen-bond acceptors (Lipinski definition) is 3. The van der Waals surface area contributed by atoms with Crippen LogP contribution in [0.4, 0.5) is 4.79 Å². The van der Waals surface area contributed by atoms with E-state index in [1.807, 2.05) is 13.8 Å². The van der Waals surface area contributed by atoms with E-state index in [-0.39, 0.29) is 6.03 Å². The van der Waals surface area contributed by atoms with Crippen molar-refractivity contribution in [3.05, 3.63) is 41.6 Å². The highest BCUT2D eigenvalue weighted by Gasteiger charge is 2.30. The van der Waals surface area contributed by atoms with E-state index < -0.39 is 10.0 Å². The number of sulfonamides is 1. The summed E-state index contributed by atoms with van der Waals surface area (Å²) < 4.78 is 26.8. The van der Waals surface area contributed by atoms with Crippen molar-refractivity contribution in [3.63, 3.8) is 0 Å². The van der Waals surface area contributed by atoms with Crippen molar-refractivity contribution in [1.82, 2.24) is 14.5 Å². The number of carbonyl (C=O) groups is 1. The van der Waals surface area contributed by atoms with Crippen LogP contribution in [0.25, 0.3) is 0 Å². The van der Waals surface area contributed by atoms with Gasteiger partial charge in [-0.05, 0) is 44.7 Å². The number of nitrogens with one attached hydrogen (secondary N) is 1. The molecule has 1 aromatic carbocycles. The van der Waals surface area contributed by atoms with Gasteiger partial charge in [-0.2, -0.15) is 4.31 Å². The minimum Gasteiger partial charge on any atom is -0.322 e. The summed E-state index contributed by atoms with van der Waals surface area (Å²) in [4.78, 5) is 14.2. The number of nitrogens with zero attached hydrogens (tertiary/aromatic N) is 2. The Morgan fingerprint density at radius 2 is 1.72 bits per heavy atom. The summed E-state index contributed by atoms with van der Waals surface area (Å²) in [5, 5.41) is 2.82. The number of hydrogen-bond donors (Lipinski definition) is 1. The van der Waals surface area contributed by atoms with Crippen LogP contribution in [0.5, 0.6) is 0 Å². The Labute approximate surface area is 149 Å². The highest BCUT2D eigenvalue weighted by molar-refractivity contribution is 7.89. The van der Waals surface area contributed by atoms with E-state index in [9.17, 15) is 13.2 Å². The molecule has 2 fully saturated rings. The molecule has 1 heterocycles. The molecule has 2 amide bonds. The standard InChI is InChI=1S/C18H25N3O3S/c1-14-3-7-17(8-4-14)25(23,24)21-11-9-20(10-12-21)18(22)19-13-15(2)16-5-6-16/h3-4,7-8,13,16H,5-6,9-12H2,1-2H3,(H,19,22)/b15-13+. The fraction of sp³-hybridized carbons (Fsp3) is 0.500. The topological polar surface area (TPSA) is 69.7 Å². The molecular weight excluding hydrogens is 338 g/mol. The first kappa shape index (κ1) is 17.9. The molecule has 3 rings (SSSR count). The summed E-state index contributed by atoms with van der Waals surface area (Å²) in [6, 6.07) is 6.70. The van der Waals surface area contributed by atoms with E-state index in [1.165, 1.54) is 22.7 Å². The molecular formula is C18H25N3O3S. The van der Waals surface area contributed by atoms with Gasteiger partial charge in [0.2, 0.25) is 10.0 Å². The Bertz CT molecular complexity index is 759. The average molecular weight is 363 g/mol. The monoisotopic (exact) mass is 363 g/mol. The molecule has 7 heteroatoms. The summed E-state index contributed by atoms with van der Waals surface area (Å²) in [6.45, 7) is 5.38. The summed E-state index contributed by atoms with van der Waals surface area (Å²) >= 11 is 0. The second kappa shape index (κ2) is 7.17. The summed E-state index contributed by atoms with van der Waals surface area (Å²) in [6.07, 6.45) is 4.19. The van der Waals surface area contributed by atoms with Gasteiger partial charge in [-0.3, -0.25) is 0 Å². The molecule has 136 valence electrons. The average Bonchev–Trinajstić information content (AvgIpc) is 3.45. The van der Waals surface area contributed by atoms with E-state index in [1.54, 1.807) is 35.4 Å². The molecule has 0 unspecified atom stereocenters. The quantitative estimate of drug-likeness (QED) is 0.892.